The smallest absolute Gasteiger partial charge is 0.195 e. The zero-order valence-electron chi connectivity index (χ0n) is 21.7. The number of unbranched alkanes of at least 4 members (excludes halogenated alkanes) is 4. The largest absolute Gasteiger partial charge is 0.394 e. The van der Waals surface area contributed by atoms with Crippen molar-refractivity contribution in [3.8, 4) is 0 Å². The van der Waals surface area contributed by atoms with Crippen LogP contribution in [0.4, 0.5) is 0 Å². The van der Waals surface area contributed by atoms with Crippen molar-refractivity contribution in [3.63, 3.8) is 0 Å². The maximum Gasteiger partial charge on any atom is 0.195 e. The third-order valence-corrected chi connectivity index (χ3v) is 11.4. The number of azide groups is 1. The Bertz CT molecular complexity index is 597. The fraction of sp³-hybridized carbons (Fsp3) is 1.00. The summed E-state index contributed by atoms with van der Waals surface area (Å²) in [6.45, 7) is 12.6. The van der Waals surface area contributed by atoms with Crippen LogP contribution in [0.3, 0.4) is 0 Å². The third-order valence-electron chi connectivity index (χ3n) is 6.94. The van der Waals surface area contributed by atoms with Gasteiger partial charge in [-0.25, -0.2) is 0 Å². The predicted molar refractivity (Wildman–Crippen MR) is 131 cm³/mol. The van der Waals surface area contributed by atoms with E-state index in [0.29, 0.717) is 13.0 Å². The van der Waals surface area contributed by atoms with E-state index < -0.39 is 39.0 Å². The molecule has 0 aromatic carbocycles. The maximum atomic E-state index is 10.8. The Morgan fingerprint density at radius 2 is 1.82 bits per heavy atom. The first-order chi connectivity index (χ1) is 15.5. The van der Waals surface area contributed by atoms with Gasteiger partial charge in [0.1, 0.15) is 18.2 Å². The molecule has 1 fully saturated rings. The molecule has 0 aromatic rings. The highest BCUT2D eigenvalue weighted by molar-refractivity contribution is 6.74. The summed E-state index contributed by atoms with van der Waals surface area (Å²) in [5.74, 6) is 0. The van der Waals surface area contributed by atoms with Crippen molar-refractivity contribution >= 4 is 8.32 Å². The molecule has 9 nitrogen and oxygen atoms in total. The summed E-state index contributed by atoms with van der Waals surface area (Å²) in [6, 6.07) is -0.864. The van der Waals surface area contributed by atoms with Crippen LogP contribution in [0.25, 0.3) is 10.4 Å². The molecular formula is C23H47N3O6Si. The summed E-state index contributed by atoms with van der Waals surface area (Å²) in [5, 5.41) is 24.3. The first-order valence-electron chi connectivity index (χ1n) is 12.3. The molecule has 0 unspecified atom stereocenters. The Balaban J connectivity index is 2.84. The molecule has 0 saturated carbocycles. The standard InChI is InChI=1S/C23H47N3O6Si/c1-8-9-10-11-12-13-17(29-5)14-15-30-21-19(25-26-24)22(31-18(16-27)20(21)28)32-33(6,7)23(2,3)4/h17-22,27-28H,8-16H2,1-7H3/t17-,18-,19-,20-,21-,22+/m1/s1. The summed E-state index contributed by atoms with van der Waals surface area (Å²) < 4.78 is 23.9. The van der Waals surface area contributed by atoms with Gasteiger partial charge in [-0.05, 0) is 36.5 Å². The van der Waals surface area contributed by atoms with Gasteiger partial charge >= 0.3 is 0 Å². The number of hydrogen-bond donors (Lipinski definition) is 2. The number of nitrogens with zero attached hydrogens (tertiary/aromatic N) is 3. The molecule has 194 valence electrons. The van der Waals surface area contributed by atoms with Crippen LogP contribution < -0.4 is 0 Å². The monoisotopic (exact) mass is 489 g/mol. The van der Waals surface area contributed by atoms with Crippen molar-refractivity contribution in [2.45, 2.75) is 128 Å². The van der Waals surface area contributed by atoms with Gasteiger partial charge in [-0.3, -0.25) is 0 Å². The highest BCUT2D eigenvalue weighted by atomic mass is 28.4. The van der Waals surface area contributed by atoms with Gasteiger partial charge in [0, 0.05) is 18.6 Å². The minimum absolute atomic E-state index is 0.0643. The lowest BCUT2D eigenvalue weighted by Crippen LogP contribution is -2.62. The van der Waals surface area contributed by atoms with Crippen LogP contribution in [-0.4, -0.2) is 75.6 Å². The van der Waals surface area contributed by atoms with Gasteiger partial charge in [-0.15, -0.1) is 0 Å². The molecule has 33 heavy (non-hydrogen) atoms. The molecule has 1 saturated heterocycles. The minimum atomic E-state index is -2.28. The number of aliphatic hydroxyl groups is 2. The van der Waals surface area contributed by atoms with Crippen LogP contribution in [0, 0.1) is 0 Å². The van der Waals surface area contributed by atoms with Crippen LogP contribution in [0.1, 0.15) is 72.6 Å². The van der Waals surface area contributed by atoms with Crippen LogP contribution in [-0.2, 0) is 18.6 Å². The van der Waals surface area contributed by atoms with Crippen molar-refractivity contribution in [1.82, 2.24) is 0 Å². The summed E-state index contributed by atoms with van der Waals surface area (Å²) >= 11 is 0. The van der Waals surface area contributed by atoms with Crippen molar-refractivity contribution in [2.75, 3.05) is 20.3 Å². The van der Waals surface area contributed by atoms with E-state index >= 15 is 0 Å². The second kappa shape index (κ2) is 14.6. The minimum Gasteiger partial charge on any atom is -0.394 e. The van der Waals surface area contributed by atoms with Gasteiger partial charge in [0.2, 0.25) is 0 Å². The maximum absolute atomic E-state index is 10.8. The molecular weight excluding hydrogens is 442 g/mol. The lowest BCUT2D eigenvalue weighted by atomic mass is 9.97. The summed E-state index contributed by atoms with van der Waals surface area (Å²) in [6.07, 6.45) is 3.93. The summed E-state index contributed by atoms with van der Waals surface area (Å²) in [4.78, 5) is 2.96. The fourth-order valence-electron chi connectivity index (χ4n) is 3.69. The van der Waals surface area contributed by atoms with Crippen LogP contribution in [0.2, 0.25) is 18.1 Å². The average Bonchev–Trinajstić information content (AvgIpc) is 2.74. The number of ether oxygens (including phenoxy) is 3. The number of aliphatic hydroxyl groups excluding tert-OH is 2. The third kappa shape index (κ3) is 9.45. The molecule has 1 heterocycles. The molecule has 1 rings (SSSR count). The topological polar surface area (TPSA) is 126 Å². The molecule has 0 amide bonds. The van der Waals surface area contributed by atoms with E-state index in [2.05, 4.69) is 50.8 Å². The fourth-order valence-corrected chi connectivity index (χ4v) is 4.81. The normalized spacial score (nSPS) is 27.2. The van der Waals surface area contributed by atoms with Crippen LogP contribution in [0.15, 0.2) is 5.11 Å². The van der Waals surface area contributed by atoms with Gasteiger partial charge < -0.3 is 28.8 Å². The lowest BCUT2D eigenvalue weighted by molar-refractivity contribution is -0.252. The molecule has 1 aliphatic rings. The van der Waals surface area contributed by atoms with Gasteiger partial charge in [-0.2, -0.15) is 0 Å². The summed E-state index contributed by atoms with van der Waals surface area (Å²) in [5.41, 5.74) is 9.18. The quantitative estimate of drug-likeness (QED) is 0.111. The molecule has 0 aromatic heterocycles. The van der Waals surface area contributed by atoms with Gasteiger partial charge in [0.05, 0.1) is 18.8 Å². The van der Waals surface area contributed by atoms with Gasteiger partial charge in [0.15, 0.2) is 14.6 Å². The van der Waals surface area contributed by atoms with E-state index in [4.69, 9.17) is 18.6 Å². The van der Waals surface area contributed by atoms with E-state index in [-0.39, 0.29) is 17.7 Å². The molecule has 0 aliphatic carbocycles. The molecule has 6 atom stereocenters. The first-order valence-corrected chi connectivity index (χ1v) is 15.2. The predicted octanol–water partition coefficient (Wildman–Crippen LogP) is 4.92. The second-order valence-electron chi connectivity index (χ2n) is 10.5. The number of hydrogen-bond acceptors (Lipinski definition) is 7. The Labute approximate surface area is 200 Å². The lowest BCUT2D eigenvalue weighted by Gasteiger charge is -2.47. The molecule has 10 heteroatoms. The summed E-state index contributed by atoms with van der Waals surface area (Å²) in [7, 11) is -0.582. The molecule has 2 N–H and O–H groups in total. The van der Waals surface area contributed by atoms with Crippen LogP contribution in [0.5, 0.6) is 0 Å². The van der Waals surface area contributed by atoms with Crippen molar-refractivity contribution < 1.29 is 28.8 Å². The zero-order valence-corrected chi connectivity index (χ0v) is 22.7. The Morgan fingerprint density at radius 3 is 2.36 bits per heavy atom. The van der Waals surface area contributed by atoms with E-state index in [0.717, 1.165) is 12.8 Å². The Hall–Kier alpha value is -0.713. The van der Waals surface area contributed by atoms with E-state index in [1.807, 2.05) is 0 Å². The second-order valence-corrected chi connectivity index (χ2v) is 15.2. The SMILES string of the molecule is CCCCCCC[C@H](CCO[C@H]1[C@H](O)[C@@H](CO)O[C@@H](O[Si](C)(C)C(C)(C)C)[C@@H]1N=[N+]=[N-])OC. The number of rotatable bonds is 15. The molecule has 0 bridgehead atoms. The molecule has 0 radical (unpaired) electrons. The number of methoxy groups -OCH3 is 1. The van der Waals surface area contributed by atoms with E-state index in [1.165, 1.54) is 25.7 Å². The van der Waals surface area contributed by atoms with E-state index in [9.17, 15) is 15.7 Å². The van der Waals surface area contributed by atoms with Crippen molar-refractivity contribution in [3.05, 3.63) is 10.4 Å². The van der Waals surface area contributed by atoms with Gasteiger partial charge in [0.25, 0.3) is 0 Å². The average molecular weight is 490 g/mol. The Morgan fingerprint density at radius 1 is 1.15 bits per heavy atom. The highest BCUT2D eigenvalue weighted by Crippen LogP contribution is 2.39. The van der Waals surface area contributed by atoms with Crippen molar-refractivity contribution in [2.24, 2.45) is 5.11 Å². The van der Waals surface area contributed by atoms with E-state index in [1.54, 1.807) is 7.11 Å². The first kappa shape index (κ1) is 30.3. The molecule has 1 aliphatic heterocycles. The molecule has 0 spiro atoms. The van der Waals surface area contributed by atoms with Gasteiger partial charge in [-0.1, -0.05) is 64.9 Å². The zero-order chi connectivity index (χ0) is 25.1. The Kier molecular flexibility index (Phi) is 13.4. The van der Waals surface area contributed by atoms with Crippen molar-refractivity contribution in [1.29, 1.82) is 0 Å². The van der Waals surface area contributed by atoms with Crippen LogP contribution >= 0.6 is 0 Å². The highest BCUT2D eigenvalue weighted by Gasteiger charge is 2.49.